The summed E-state index contributed by atoms with van der Waals surface area (Å²) < 4.78 is 13.8. The van der Waals surface area contributed by atoms with E-state index in [1.165, 1.54) is 18.2 Å². The minimum atomic E-state index is -0.463. The first-order valence-corrected chi connectivity index (χ1v) is 6.72. The lowest BCUT2D eigenvalue weighted by Gasteiger charge is -2.10. The summed E-state index contributed by atoms with van der Waals surface area (Å²) in [6.07, 6.45) is 0. The number of aromatic nitrogens is 1. The van der Waals surface area contributed by atoms with E-state index in [-0.39, 0.29) is 17.4 Å². The fourth-order valence-electron chi connectivity index (χ4n) is 1.92. The Hall–Kier alpha value is -2.43. The van der Waals surface area contributed by atoms with E-state index in [9.17, 15) is 9.18 Å². The number of pyridine rings is 1. The molecule has 0 spiro atoms. The molecule has 0 fully saturated rings. The molecule has 0 aliphatic heterocycles. The summed E-state index contributed by atoms with van der Waals surface area (Å²) in [4.78, 5) is 16.4. The van der Waals surface area contributed by atoms with E-state index in [0.29, 0.717) is 5.56 Å². The van der Waals surface area contributed by atoms with Gasteiger partial charge in [-0.3, -0.25) is 4.79 Å². The van der Waals surface area contributed by atoms with Gasteiger partial charge in [-0.05, 0) is 42.7 Å². The number of hydrogen-bond acceptors (Lipinski definition) is 3. The van der Waals surface area contributed by atoms with Gasteiger partial charge in [0.15, 0.2) is 0 Å². The number of halogens is 1. The summed E-state index contributed by atoms with van der Waals surface area (Å²) >= 11 is 0. The van der Waals surface area contributed by atoms with Crippen molar-refractivity contribution >= 4 is 17.4 Å². The minimum absolute atomic E-state index is 0.145. The molecule has 0 aliphatic rings. The molecule has 2 rings (SSSR count). The van der Waals surface area contributed by atoms with E-state index in [1.807, 2.05) is 13.8 Å². The van der Waals surface area contributed by atoms with E-state index in [0.717, 1.165) is 11.3 Å². The van der Waals surface area contributed by atoms with Gasteiger partial charge in [0.2, 0.25) is 0 Å². The first-order chi connectivity index (χ1) is 9.86. The Morgan fingerprint density at radius 2 is 2.00 bits per heavy atom. The van der Waals surface area contributed by atoms with Crippen LogP contribution < -0.4 is 11.1 Å². The van der Waals surface area contributed by atoms with E-state index >= 15 is 0 Å². The Kier molecular flexibility index (Phi) is 4.21. The van der Waals surface area contributed by atoms with Crippen LogP contribution in [0.5, 0.6) is 0 Å². The summed E-state index contributed by atoms with van der Waals surface area (Å²) in [5.41, 5.74) is 7.74. The van der Waals surface area contributed by atoms with Crippen LogP contribution in [0.25, 0.3) is 0 Å². The van der Waals surface area contributed by atoms with Gasteiger partial charge in [-0.1, -0.05) is 19.9 Å². The number of nitrogens with two attached hydrogens (primary N) is 1. The van der Waals surface area contributed by atoms with Crippen molar-refractivity contribution in [1.82, 2.24) is 4.98 Å². The van der Waals surface area contributed by atoms with Gasteiger partial charge >= 0.3 is 0 Å². The monoisotopic (exact) mass is 287 g/mol. The SMILES string of the molecule is Cc1ccc(NC(=O)c2cc(N)nc(C(C)C)c2)c(F)c1. The summed E-state index contributed by atoms with van der Waals surface area (Å²) in [6, 6.07) is 7.79. The topological polar surface area (TPSA) is 68.0 Å². The van der Waals surface area contributed by atoms with Gasteiger partial charge in [0, 0.05) is 11.3 Å². The molecule has 0 unspecified atom stereocenters. The van der Waals surface area contributed by atoms with E-state index < -0.39 is 11.7 Å². The predicted octanol–water partition coefficient (Wildman–Crippen LogP) is 3.49. The normalized spacial score (nSPS) is 10.7. The van der Waals surface area contributed by atoms with Crippen molar-refractivity contribution in [3.8, 4) is 0 Å². The lowest BCUT2D eigenvalue weighted by atomic mass is 10.1. The van der Waals surface area contributed by atoms with Crippen LogP contribution in [-0.4, -0.2) is 10.9 Å². The zero-order valence-corrected chi connectivity index (χ0v) is 12.3. The molecule has 0 saturated heterocycles. The molecule has 1 aromatic carbocycles. The standard InChI is InChI=1S/C16H18FN3O/c1-9(2)14-7-11(8-15(18)19-14)16(21)20-13-5-4-10(3)6-12(13)17/h4-9H,1-3H3,(H2,18,19)(H,20,21). The molecule has 0 atom stereocenters. The van der Waals surface area contributed by atoms with Gasteiger partial charge in [-0.25, -0.2) is 9.37 Å². The van der Waals surface area contributed by atoms with Crippen LogP contribution in [0.1, 0.15) is 41.4 Å². The number of anilines is 2. The predicted molar refractivity (Wildman–Crippen MR) is 81.8 cm³/mol. The second kappa shape index (κ2) is 5.91. The van der Waals surface area contributed by atoms with Crippen LogP contribution in [-0.2, 0) is 0 Å². The van der Waals surface area contributed by atoms with Crippen molar-refractivity contribution in [2.45, 2.75) is 26.7 Å². The maximum Gasteiger partial charge on any atom is 0.255 e. The Morgan fingerprint density at radius 1 is 1.29 bits per heavy atom. The largest absolute Gasteiger partial charge is 0.384 e. The summed E-state index contributed by atoms with van der Waals surface area (Å²) in [5, 5.41) is 2.55. The number of carbonyl (C=O) groups is 1. The van der Waals surface area contributed by atoms with Crippen molar-refractivity contribution in [3.05, 3.63) is 53.0 Å². The zero-order valence-electron chi connectivity index (χ0n) is 12.3. The van der Waals surface area contributed by atoms with Gasteiger partial charge in [-0.2, -0.15) is 0 Å². The van der Waals surface area contributed by atoms with Gasteiger partial charge in [0.1, 0.15) is 11.6 Å². The Balaban J connectivity index is 2.28. The van der Waals surface area contributed by atoms with Crippen molar-refractivity contribution < 1.29 is 9.18 Å². The number of nitrogens with zero attached hydrogens (tertiary/aromatic N) is 1. The number of nitrogen functional groups attached to an aromatic ring is 1. The second-order valence-electron chi connectivity index (χ2n) is 5.30. The van der Waals surface area contributed by atoms with Crippen LogP contribution in [0, 0.1) is 12.7 Å². The smallest absolute Gasteiger partial charge is 0.255 e. The molecule has 1 aromatic heterocycles. The number of hydrogen-bond donors (Lipinski definition) is 2. The molecule has 110 valence electrons. The van der Waals surface area contributed by atoms with E-state index in [2.05, 4.69) is 10.3 Å². The maximum atomic E-state index is 13.8. The first kappa shape index (κ1) is 15.0. The quantitative estimate of drug-likeness (QED) is 0.908. The van der Waals surface area contributed by atoms with Crippen LogP contribution in [0.2, 0.25) is 0 Å². The Bertz CT molecular complexity index is 683. The summed E-state index contributed by atoms with van der Waals surface area (Å²) in [6.45, 7) is 5.71. The number of benzene rings is 1. The third kappa shape index (κ3) is 3.56. The van der Waals surface area contributed by atoms with Crippen LogP contribution in [0.3, 0.4) is 0 Å². The molecular weight excluding hydrogens is 269 g/mol. The average molecular weight is 287 g/mol. The molecule has 0 radical (unpaired) electrons. The highest BCUT2D eigenvalue weighted by Crippen LogP contribution is 2.19. The lowest BCUT2D eigenvalue weighted by Crippen LogP contribution is -2.14. The molecule has 0 aliphatic carbocycles. The molecule has 3 N–H and O–H groups in total. The van der Waals surface area contributed by atoms with Gasteiger partial charge in [0.05, 0.1) is 5.69 Å². The fraction of sp³-hybridized carbons (Fsp3) is 0.250. The zero-order chi connectivity index (χ0) is 15.6. The van der Waals surface area contributed by atoms with E-state index in [1.54, 1.807) is 19.1 Å². The van der Waals surface area contributed by atoms with Crippen LogP contribution in [0.4, 0.5) is 15.9 Å². The number of amides is 1. The maximum absolute atomic E-state index is 13.8. The third-order valence-corrected chi connectivity index (χ3v) is 3.09. The van der Waals surface area contributed by atoms with Gasteiger partial charge in [-0.15, -0.1) is 0 Å². The van der Waals surface area contributed by atoms with Crippen LogP contribution in [0.15, 0.2) is 30.3 Å². The molecular formula is C16H18FN3O. The van der Waals surface area contributed by atoms with Crippen molar-refractivity contribution in [2.24, 2.45) is 0 Å². The fourth-order valence-corrected chi connectivity index (χ4v) is 1.92. The van der Waals surface area contributed by atoms with Crippen molar-refractivity contribution in [1.29, 1.82) is 0 Å². The van der Waals surface area contributed by atoms with Crippen molar-refractivity contribution in [3.63, 3.8) is 0 Å². The molecule has 0 saturated carbocycles. The highest BCUT2D eigenvalue weighted by molar-refractivity contribution is 6.04. The first-order valence-electron chi connectivity index (χ1n) is 6.72. The number of nitrogens with one attached hydrogen (secondary N) is 1. The number of aryl methyl sites for hydroxylation is 1. The molecule has 1 heterocycles. The second-order valence-corrected chi connectivity index (χ2v) is 5.30. The molecule has 1 amide bonds. The average Bonchev–Trinajstić information content (AvgIpc) is 2.41. The summed E-state index contributed by atoms with van der Waals surface area (Å²) in [5.74, 6) is -0.449. The minimum Gasteiger partial charge on any atom is -0.384 e. The lowest BCUT2D eigenvalue weighted by molar-refractivity contribution is 0.102. The number of rotatable bonds is 3. The molecule has 2 aromatic rings. The van der Waals surface area contributed by atoms with Crippen molar-refractivity contribution in [2.75, 3.05) is 11.1 Å². The molecule has 4 nitrogen and oxygen atoms in total. The van der Waals surface area contributed by atoms with Gasteiger partial charge < -0.3 is 11.1 Å². The van der Waals surface area contributed by atoms with E-state index in [4.69, 9.17) is 5.73 Å². The van der Waals surface area contributed by atoms with Crippen LogP contribution >= 0.6 is 0 Å². The highest BCUT2D eigenvalue weighted by Gasteiger charge is 2.13. The van der Waals surface area contributed by atoms with Gasteiger partial charge in [0.25, 0.3) is 5.91 Å². The number of carbonyl (C=O) groups excluding carboxylic acids is 1. The molecule has 0 bridgehead atoms. The Labute approximate surface area is 123 Å². The molecule has 21 heavy (non-hydrogen) atoms. The molecule has 5 heteroatoms. The summed E-state index contributed by atoms with van der Waals surface area (Å²) in [7, 11) is 0. The highest BCUT2D eigenvalue weighted by atomic mass is 19.1. The third-order valence-electron chi connectivity index (χ3n) is 3.09. The Morgan fingerprint density at radius 3 is 2.62 bits per heavy atom.